The van der Waals surface area contributed by atoms with Crippen LogP contribution < -0.4 is 15.7 Å². The van der Waals surface area contributed by atoms with E-state index in [4.69, 9.17) is 15.0 Å². The van der Waals surface area contributed by atoms with Crippen molar-refractivity contribution in [3.8, 4) is 0 Å². The molecule has 0 radical (unpaired) electrons. The van der Waals surface area contributed by atoms with E-state index in [1.54, 1.807) is 0 Å². The third-order valence-electron chi connectivity index (χ3n) is 3.59. The van der Waals surface area contributed by atoms with Gasteiger partial charge in [0.05, 0.1) is 19.0 Å². The van der Waals surface area contributed by atoms with Crippen molar-refractivity contribution in [3.63, 3.8) is 0 Å². The second-order valence-corrected chi connectivity index (χ2v) is 6.29. The summed E-state index contributed by atoms with van der Waals surface area (Å²) in [6, 6.07) is 0. The third kappa shape index (κ3) is 2.90. The molecule has 2 N–H and O–H groups in total. The van der Waals surface area contributed by atoms with Crippen molar-refractivity contribution < 1.29 is 28.3 Å². The zero-order chi connectivity index (χ0) is 15.5. The van der Waals surface area contributed by atoms with Crippen molar-refractivity contribution in [2.45, 2.75) is 24.5 Å². The van der Waals surface area contributed by atoms with E-state index in [2.05, 4.69) is 19.5 Å². The molecule has 5 atom stereocenters. The first-order valence-electron chi connectivity index (χ1n) is 6.34. The predicted octanol–water partition coefficient (Wildman–Crippen LogP) is -2.46. The molecule has 2 aliphatic heterocycles. The minimum Gasteiger partial charge on any atom is -0.847 e. The van der Waals surface area contributed by atoms with Gasteiger partial charge >= 0.3 is 37.7 Å². The Morgan fingerprint density at radius 2 is 2.17 bits per heavy atom. The number of nitrogens with two attached hydrogens (primary N) is 1. The SMILES string of the molecule is Nc1ncnc2c1ncn2[C@@H]1O[C@@H]2COP(=O)([O-])O[C@H]2[C@H]1[O-].[Ca+2]. The van der Waals surface area contributed by atoms with Crippen molar-refractivity contribution in [1.29, 1.82) is 0 Å². The van der Waals surface area contributed by atoms with Crippen LogP contribution in [-0.4, -0.2) is 82.2 Å². The maximum absolute atomic E-state index is 12.4. The monoisotopic (exact) mass is 367 g/mol. The molecule has 0 bridgehead atoms. The Balaban J connectivity index is 0.00000156. The average molecular weight is 367 g/mol. The fraction of sp³-hybridized carbons (Fsp3) is 0.500. The molecule has 4 heterocycles. The number of phosphoric acid groups is 1. The van der Waals surface area contributed by atoms with Gasteiger partial charge in [0, 0.05) is 0 Å². The molecule has 118 valence electrons. The Hall–Kier alpha value is -0.360. The van der Waals surface area contributed by atoms with Gasteiger partial charge in [-0.3, -0.25) is 9.13 Å². The molecule has 11 nitrogen and oxygen atoms in total. The van der Waals surface area contributed by atoms with Crippen molar-refractivity contribution >= 4 is 62.5 Å². The summed E-state index contributed by atoms with van der Waals surface area (Å²) in [5, 5.41) is 12.4. The van der Waals surface area contributed by atoms with Crippen LogP contribution in [0.2, 0.25) is 0 Å². The summed E-state index contributed by atoms with van der Waals surface area (Å²) >= 11 is 0. The summed E-state index contributed by atoms with van der Waals surface area (Å²) in [6.07, 6.45) is -1.86. The number of hydrogen-bond donors (Lipinski definition) is 1. The third-order valence-corrected chi connectivity index (χ3v) is 4.56. The molecule has 2 aromatic heterocycles. The second-order valence-electron chi connectivity index (χ2n) is 4.93. The van der Waals surface area contributed by atoms with Crippen molar-refractivity contribution in [3.05, 3.63) is 12.7 Å². The Bertz CT molecular complexity index is 788. The van der Waals surface area contributed by atoms with Gasteiger partial charge < -0.3 is 29.5 Å². The Kier molecular flexibility index (Phi) is 4.69. The number of anilines is 1. The number of hydrogen-bond acceptors (Lipinski definition) is 10. The molecule has 0 aromatic carbocycles. The smallest absolute Gasteiger partial charge is 0.847 e. The van der Waals surface area contributed by atoms with E-state index in [-0.39, 0.29) is 50.2 Å². The molecule has 2 saturated heterocycles. The van der Waals surface area contributed by atoms with Crippen LogP contribution in [0, 0.1) is 0 Å². The van der Waals surface area contributed by atoms with Gasteiger partial charge in [-0.1, -0.05) is 0 Å². The van der Waals surface area contributed by atoms with Gasteiger partial charge in [0.1, 0.15) is 24.2 Å². The van der Waals surface area contributed by atoms with Crippen LogP contribution in [0.4, 0.5) is 5.82 Å². The van der Waals surface area contributed by atoms with E-state index in [1.165, 1.54) is 17.2 Å². The van der Waals surface area contributed by atoms with Crippen LogP contribution >= 0.6 is 7.82 Å². The second kappa shape index (κ2) is 6.17. The molecule has 2 aromatic rings. The van der Waals surface area contributed by atoms with Crippen LogP contribution in [-0.2, 0) is 18.3 Å². The zero-order valence-electron chi connectivity index (χ0n) is 11.6. The van der Waals surface area contributed by atoms with E-state index < -0.39 is 32.4 Å². The maximum atomic E-state index is 12.4. The number of nitrogens with zero attached hydrogens (tertiary/aromatic N) is 4. The molecule has 2 aliphatic rings. The van der Waals surface area contributed by atoms with Crippen molar-refractivity contribution in [2.24, 2.45) is 0 Å². The summed E-state index contributed by atoms with van der Waals surface area (Å²) in [6.45, 7) is -0.259. The molecule has 1 unspecified atom stereocenters. The average Bonchev–Trinajstić information content (AvgIpc) is 3.01. The molecule has 13 heteroatoms. The van der Waals surface area contributed by atoms with E-state index in [0.29, 0.717) is 11.2 Å². The van der Waals surface area contributed by atoms with Crippen molar-refractivity contribution in [1.82, 2.24) is 19.5 Å². The summed E-state index contributed by atoms with van der Waals surface area (Å²) in [7, 11) is -4.45. The normalized spacial score (nSPS) is 36.6. The molecular weight excluding hydrogens is 357 g/mol. The molecule has 0 saturated carbocycles. The first kappa shape index (κ1) is 17.5. The van der Waals surface area contributed by atoms with Crippen LogP contribution in [0.3, 0.4) is 0 Å². The minimum absolute atomic E-state index is 0. The van der Waals surface area contributed by atoms with E-state index in [0.717, 1.165) is 0 Å². The molecule has 0 aliphatic carbocycles. The Morgan fingerprint density at radius 3 is 2.96 bits per heavy atom. The van der Waals surface area contributed by atoms with Gasteiger partial charge in [-0.05, 0) is 6.10 Å². The number of aromatic nitrogens is 4. The summed E-state index contributed by atoms with van der Waals surface area (Å²) in [5.41, 5.74) is 6.34. The summed E-state index contributed by atoms with van der Waals surface area (Å²) in [4.78, 5) is 23.2. The largest absolute Gasteiger partial charge is 2.00 e. The van der Waals surface area contributed by atoms with Gasteiger partial charge in [-0.2, -0.15) is 0 Å². The number of rotatable bonds is 1. The number of imidazole rings is 1. The van der Waals surface area contributed by atoms with E-state index in [9.17, 15) is 14.6 Å². The number of phosphoric ester groups is 1. The van der Waals surface area contributed by atoms with Crippen LogP contribution in [0.5, 0.6) is 0 Å². The Labute approximate surface area is 159 Å². The minimum atomic E-state index is -4.45. The molecule has 2 fully saturated rings. The van der Waals surface area contributed by atoms with Crippen molar-refractivity contribution in [2.75, 3.05) is 12.3 Å². The zero-order valence-corrected chi connectivity index (χ0v) is 14.7. The summed E-state index contributed by atoms with van der Waals surface area (Å²) in [5.74, 6) is 0.172. The standard InChI is InChI=1S/C10H11N5O6P.Ca/c11-8-5-9(13-2-12-8)15(3-14-5)10-6(16)7-4(20-10)1-19-22(17,18)21-7;/h2-4,6-7,10H,1H2,(H,17,18)(H2,11,12,13);/q-1;+2/p-1/t4-,6-,7-,10-;/m1./s1. The first-order chi connectivity index (χ1) is 10.5. The number of ether oxygens (including phenoxy) is 1. The number of nitrogen functional groups attached to an aromatic ring is 1. The molecule has 0 amide bonds. The number of fused-ring (bicyclic) bond motifs is 2. The van der Waals surface area contributed by atoms with Gasteiger partial charge in [-0.15, -0.1) is 0 Å². The fourth-order valence-electron chi connectivity index (χ4n) is 2.59. The fourth-order valence-corrected chi connectivity index (χ4v) is 3.54. The molecular formula is C10H10CaN5O6P. The topological polar surface area (TPSA) is 160 Å². The van der Waals surface area contributed by atoms with E-state index >= 15 is 0 Å². The quantitative estimate of drug-likeness (QED) is 0.423. The molecule has 0 spiro atoms. The molecule has 4 rings (SSSR count). The molecule has 23 heavy (non-hydrogen) atoms. The van der Waals surface area contributed by atoms with Gasteiger partial charge in [-0.25, -0.2) is 15.0 Å². The maximum Gasteiger partial charge on any atom is 2.00 e. The van der Waals surface area contributed by atoms with Gasteiger partial charge in [0.25, 0.3) is 7.82 Å². The van der Waals surface area contributed by atoms with Gasteiger partial charge in [0.15, 0.2) is 11.5 Å². The van der Waals surface area contributed by atoms with Crippen LogP contribution in [0.1, 0.15) is 6.23 Å². The first-order valence-corrected chi connectivity index (χ1v) is 7.80. The van der Waals surface area contributed by atoms with Crippen LogP contribution in [0.25, 0.3) is 11.2 Å². The Morgan fingerprint density at radius 1 is 1.39 bits per heavy atom. The predicted molar refractivity (Wildman–Crippen MR) is 71.6 cm³/mol. The van der Waals surface area contributed by atoms with E-state index in [1.807, 2.05) is 0 Å². The summed E-state index contributed by atoms with van der Waals surface area (Å²) < 4.78 is 27.5. The van der Waals surface area contributed by atoms with Gasteiger partial charge in [0.2, 0.25) is 0 Å². The van der Waals surface area contributed by atoms with Crippen LogP contribution in [0.15, 0.2) is 12.7 Å².